The van der Waals surface area contributed by atoms with E-state index in [2.05, 4.69) is 11.7 Å². The average molecular weight is 418 g/mol. The van der Waals surface area contributed by atoms with Crippen molar-refractivity contribution in [1.82, 2.24) is 0 Å². The minimum atomic E-state index is -4.56. The maximum atomic E-state index is 12.9. The van der Waals surface area contributed by atoms with Crippen molar-refractivity contribution in [3.05, 3.63) is 24.3 Å². The summed E-state index contributed by atoms with van der Waals surface area (Å²) >= 11 is 0. The largest absolute Gasteiger partial charge is 0.461 e. The number of hydrogen-bond donors (Lipinski definition) is 0. The predicted octanol–water partition coefficient (Wildman–Crippen LogP) is 7.00. The molecule has 0 amide bonds. The molecule has 1 aliphatic rings. The summed E-state index contributed by atoms with van der Waals surface area (Å²) in [6.07, 6.45) is 2.70. The summed E-state index contributed by atoms with van der Waals surface area (Å²) in [4.78, 5) is 12.3. The Morgan fingerprint density at radius 3 is 2.17 bits per heavy atom. The average Bonchev–Trinajstić information content (AvgIpc) is 2.69. The van der Waals surface area contributed by atoms with Gasteiger partial charge in [0.05, 0.1) is 5.92 Å². The van der Waals surface area contributed by atoms with Gasteiger partial charge in [-0.15, -0.1) is 0 Å². The molecule has 0 spiro atoms. The predicted molar refractivity (Wildman–Crippen MR) is 102 cm³/mol. The van der Waals surface area contributed by atoms with Crippen LogP contribution in [0, 0.1) is 11.8 Å². The molecule has 1 aromatic carbocycles. The maximum Gasteiger partial charge on any atom is 0.461 e. The van der Waals surface area contributed by atoms with E-state index < -0.39 is 18.3 Å². The summed E-state index contributed by atoms with van der Waals surface area (Å²) in [7, 11) is 0. The van der Waals surface area contributed by atoms with E-state index in [0.29, 0.717) is 5.92 Å². The van der Waals surface area contributed by atoms with E-state index in [4.69, 9.17) is 4.74 Å². The van der Waals surface area contributed by atoms with E-state index in [9.17, 15) is 22.4 Å². The van der Waals surface area contributed by atoms with Crippen molar-refractivity contribution >= 4 is 5.97 Å². The number of unbranched alkanes of at least 4 members (excludes halogenated alkanes) is 4. The Bertz CT molecular complexity index is 611. The van der Waals surface area contributed by atoms with Crippen LogP contribution in [0.3, 0.4) is 0 Å². The highest BCUT2D eigenvalue weighted by atomic mass is 19.3. The normalized spacial score (nSPS) is 19.9. The first kappa shape index (κ1) is 23.5. The van der Waals surface area contributed by atoms with E-state index in [0.717, 1.165) is 37.8 Å². The van der Waals surface area contributed by atoms with Gasteiger partial charge in [-0.25, -0.2) is 0 Å². The van der Waals surface area contributed by atoms with E-state index in [1.165, 1.54) is 50.7 Å². The van der Waals surface area contributed by atoms with Crippen LogP contribution in [0.1, 0.15) is 71.1 Å². The molecule has 3 nitrogen and oxygen atoms in total. The summed E-state index contributed by atoms with van der Waals surface area (Å²) in [6.45, 7) is 2.20. The molecule has 29 heavy (non-hydrogen) atoms. The van der Waals surface area contributed by atoms with E-state index in [1.54, 1.807) is 0 Å². The Hall–Kier alpha value is -1.79. The first-order valence-corrected chi connectivity index (χ1v) is 10.5. The topological polar surface area (TPSA) is 35.5 Å². The molecule has 0 unspecified atom stereocenters. The van der Waals surface area contributed by atoms with Gasteiger partial charge < -0.3 is 9.47 Å². The fourth-order valence-corrected chi connectivity index (χ4v) is 3.70. The zero-order valence-electron chi connectivity index (χ0n) is 16.8. The second-order valence-corrected chi connectivity index (χ2v) is 7.78. The van der Waals surface area contributed by atoms with Gasteiger partial charge in [-0.1, -0.05) is 45.4 Å². The number of ether oxygens (including phenoxy) is 2. The summed E-state index contributed by atoms with van der Waals surface area (Å²) < 4.78 is 59.4. The molecule has 1 aromatic rings. The second-order valence-electron chi connectivity index (χ2n) is 7.78. The van der Waals surface area contributed by atoms with E-state index >= 15 is 0 Å². The lowest BCUT2D eigenvalue weighted by atomic mass is 9.80. The number of carbonyl (C=O) groups is 1. The van der Waals surface area contributed by atoms with Crippen molar-refractivity contribution in [2.45, 2.75) is 83.7 Å². The summed E-state index contributed by atoms with van der Waals surface area (Å²) in [5.41, 5.74) is 0. The van der Waals surface area contributed by atoms with Gasteiger partial charge in [-0.05, 0) is 55.9 Å². The molecule has 2 rings (SSSR count). The van der Waals surface area contributed by atoms with Gasteiger partial charge in [-0.3, -0.25) is 4.79 Å². The molecule has 0 heterocycles. The lowest BCUT2D eigenvalue weighted by molar-refractivity contribution is -0.253. The standard InChI is InChI=1S/C22H30F4O3/c1-2-3-4-5-6-7-16-8-10-17(11-9-16)20(27)28-18-12-14-19(15-13-18)29-22(25,26)21(23)24/h12-17,21H,2-11H2,1H3/t16-,17-. The Morgan fingerprint density at radius 1 is 1.00 bits per heavy atom. The highest BCUT2D eigenvalue weighted by molar-refractivity contribution is 5.75. The summed E-state index contributed by atoms with van der Waals surface area (Å²) in [5.74, 6) is -0.0627. The zero-order chi connectivity index (χ0) is 21.3. The van der Waals surface area contributed by atoms with Crippen LogP contribution in [0.5, 0.6) is 11.5 Å². The van der Waals surface area contributed by atoms with Crippen molar-refractivity contribution < 1.29 is 31.8 Å². The quantitative estimate of drug-likeness (QED) is 0.168. The molecule has 7 heteroatoms. The number of hydrogen-bond acceptors (Lipinski definition) is 3. The third-order valence-corrected chi connectivity index (χ3v) is 5.45. The molecule has 1 fully saturated rings. The number of alkyl halides is 4. The first-order valence-electron chi connectivity index (χ1n) is 10.5. The Balaban J connectivity index is 1.73. The van der Waals surface area contributed by atoms with Gasteiger partial charge in [0.1, 0.15) is 11.5 Å². The minimum absolute atomic E-state index is 0.162. The minimum Gasteiger partial charge on any atom is -0.428 e. The van der Waals surface area contributed by atoms with Gasteiger partial charge in [0, 0.05) is 0 Å². The first-order chi connectivity index (χ1) is 13.8. The summed E-state index contributed by atoms with van der Waals surface area (Å²) in [6, 6.07) is 4.68. The van der Waals surface area contributed by atoms with Crippen molar-refractivity contribution in [2.24, 2.45) is 11.8 Å². The lowest BCUT2D eigenvalue weighted by Gasteiger charge is -2.27. The molecule has 0 aliphatic heterocycles. The third kappa shape index (κ3) is 7.86. The number of rotatable bonds is 11. The maximum absolute atomic E-state index is 12.9. The van der Waals surface area contributed by atoms with Crippen LogP contribution in [-0.2, 0) is 4.79 Å². The molecule has 0 aromatic heterocycles. The van der Waals surface area contributed by atoms with Crippen molar-refractivity contribution in [3.8, 4) is 11.5 Å². The molecular weight excluding hydrogens is 388 g/mol. The molecule has 0 atom stereocenters. The van der Waals surface area contributed by atoms with Crippen molar-refractivity contribution in [1.29, 1.82) is 0 Å². The van der Waals surface area contributed by atoms with E-state index in [1.807, 2.05) is 0 Å². The smallest absolute Gasteiger partial charge is 0.428 e. The molecule has 164 valence electrons. The van der Waals surface area contributed by atoms with Crippen LogP contribution in [0.2, 0.25) is 0 Å². The molecule has 0 radical (unpaired) electrons. The molecule has 0 N–H and O–H groups in total. The van der Waals surface area contributed by atoms with Crippen molar-refractivity contribution in [2.75, 3.05) is 0 Å². The van der Waals surface area contributed by atoms with Crippen molar-refractivity contribution in [3.63, 3.8) is 0 Å². The molecule has 0 saturated heterocycles. The monoisotopic (exact) mass is 418 g/mol. The fourth-order valence-electron chi connectivity index (χ4n) is 3.70. The van der Waals surface area contributed by atoms with Gasteiger partial charge >= 0.3 is 18.5 Å². The van der Waals surface area contributed by atoms with Gasteiger partial charge in [0.25, 0.3) is 0 Å². The molecule has 1 aliphatic carbocycles. The number of halogens is 4. The van der Waals surface area contributed by atoms with Gasteiger partial charge in [-0.2, -0.15) is 17.6 Å². The summed E-state index contributed by atoms with van der Waals surface area (Å²) in [5, 5.41) is 0. The Morgan fingerprint density at radius 2 is 1.59 bits per heavy atom. The van der Waals surface area contributed by atoms with Gasteiger partial charge in [0.2, 0.25) is 0 Å². The number of esters is 1. The molecule has 1 saturated carbocycles. The number of carbonyl (C=O) groups excluding carboxylic acids is 1. The van der Waals surface area contributed by atoms with Crippen LogP contribution in [-0.4, -0.2) is 18.5 Å². The Kier molecular flexibility index (Phi) is 9.24. The Labute approximate surface area is 169 Å². The van der Waals surface area contributed by atoms with Gasteiger partial charge in [0.15, 0.2) is 0 Å². The highest BCUT2D eigenvalue weighted by Crippen LogP contribution is 2.33. The second kappa shape index (κ2) is 11.4. The van der Waals surface area contributed by atoms with E-state index in [-0.39, 0.29) is 17.6 Å². The molecule has 0 bridgehead atoms. The highest BCUT2D eigenvalue weighted by Gasteiger charge is 2.43. The number of benzene rings is 1. The van der Waals surface area contributed by atoms with Crippen LogP contribution >= 0.6 is 0 Å². The zero-order valence-corrected chi connectivity index (χ0v) is 16.8. The van der Waals surface area contributed by atoms with Crippen LogP contribution in [0.25, 0.3) is 0 Å². The SMILES string of the molecule is CCCCCCC[C@H]1CC[C@H](C(=O)Oc2ccc(OC(F)(F)C(F)F)cc2)CC1. The van der Waals surface area contributed by atoms with Crippen LogP contribution in [0.15, 0.2) is 24.3 Å². The van der Waals surface area contributed by atoms with Crippen LogP contribution in [0.4, 0.5) is 17.6 Å². The lowest BCUT2D eigenvalue weighted by Crippen LogP contribution is -2.33. The van der Waals surface area contributed by atoms with Crippen LogP contribution < -0.4 is 9.47 Å². The molecular formula is C22H30F4O3. The third-order valence-electron chi connectivity index (χ3n) is 5.45. The fraction of sp³-hybridized carbons (Fsp3) is 0.682.